The van der Waals surface area contributed by atoms with Crippen LogP contribution in [0.1, 0.15) is 6.42 Å². The largest absolute Gasteiger partial charge is 0.458 e. The average Bonchev–Trinajstić information content (AvgIpc) is 2.41. The third-order valence-corrected chi connectivity index (χ3v) is 1.97. The molecule has 10 heavy (non-hydrogen) atoms. The first-order chi connectivity index (χ1) is 4.79. The van der Waals surface area contributed by atoms with E-state index < -0.39 is 6.04 Å². The maximum absolute atomic E-state index is 10.8. The molecule has 3 atom stereocenters. The van der Waals surface area contributed by atoms with Gasteiger partial charge in [0.15, 0.2) is 0 Å². The van der Waals surface area contributed by atoms with E-state index in [9.17, 15) is 4.79 Å². The summed E-state index contributed by atoms with van der Waals surface area (Å²) in [6.07, 6.45) is 0.555. The van der Waals surface area contributed by atoms with Crippen molar-refractivity contribution in [3.8, 4) is 0 Å². The van der Waals surface area contributed by atoms with Crippen molar-refractivity contribution in [2.75, 3.05) is 6.61 Å². The Morgan fingerprint density at radius 3 is 3.10 bits per heavy atom. The maximum atomic E-state index is 10.8. The van der Waals surface area contributed by atoms with E-state index in [2.05, 4.69) is 0 Å². The van der Waals surface area contributed by atoms with Gasteiger partial charge in [-0.3, -0.25) is 4.79 Å². The van der Waals surface area contributed by atoms with E-state index in [0.29, 0.717) is 6.61 Å². The Bertz CT molecular complexity index is 170. The first-order valence-electron chi connectivity index (χ1n) is 3.37. The molecule has 4 heteroatoms. The van der Waals surface area contributed by atoms with Crippen LogP contribution >= 0.6 is 0 Å². The van der Waals surface area contributed by atoms with E-state index in [1.54, 1.807) is 0 Å². The number of ether oxygens (including phenoxy) is 2. The van der Waals surface area contributed by atoms with Gasteiger partial charge in [-0.25, -0.2) is 0 Å². The Balaban J connectivity index is 2.16. The van der Waals surface area contributed by atoms with Crippen LogP contribution in [0.25, 0.3) is 0 Å². The van der Waals surface area contributed by atoms with Crippen molar-refractivity contribution in [2.24, 2.45) is 5.73 Å². The second-order valence-electron chi connectivity index (χ2n) is 2.63. The summed E-state index contributed by atoms with van der Waals surface area (Å²) in [5.41, 5.74) is 5.46. The lowest BCUT2D eigenvalue weighted by Crippen LogP contribution is -2.37. The molecule has 0 amide bonds. The molecule has 0 aliphatic carbocycles. The molecule has 4 nitrogen and oxygen atoms in total. The molecule has 2 heterocycles. The first kappa shape index (κ1) is 6.12. The minimum absolute atomic E-state index is 0.0671. The van der Waals surface area contributed by atoms with E-state index in [1.165, 1.54) is 0 Å². The van der Waals surface area contributed by atoms with Crippen LogP contribution in [-0.4, -0.2) is 30.8 Å². The van der Waals surface area contributed by atoms with Gasteiger partial charge in [0, 0.05) is 6.42 Å². The van der Waals surface area contributed by atoms with Gasteiger partial charge in [-0.1, -0.05) is 0 Å². The average molecular weight is 143 g/mol. The summed E-state index contributed by atoms with van der Waals surface area (Å²) in [5, 5.41) is 0. The molecule has 0 spiro atoms. The Morgan fingerprint density at radius 2 is 2.40 bits per heavy atom. The summed E-state index contributed by atoms with van der Waals surface area (Å²) < 4.78 is 10.1. The van der Waals surface area contributed by atoms with E-state index in [0.717, 1.165) is 6.42 Å². The van der Waals surface area contributed by atoms with Crippen LogP contribution in [-0.2, 0) is 14.3 Å². The molecule has 0 radical (unpaired) electrons. The van der Waals surface area contributed by atoms with Crippen LogP contribution in [0.4, 0.5) is 0 Å². The highest BCUT2D eigenvalue weighted by molar-refractivity contribution is 5.79. The summed E-state index contributed by atoms with van der Waals surface area (Å²) in [7, 11) is 0. The minimum atomic E-state index is -0.549. The highest BCUT2D eigenvalue weighted by Gasteiger charge is 2.46. The zero-order valence-electron chi connectivity index (χ0n) is 5.45. The quantitative estimate of drug-likeness (QED) is 0.443. The number of hydrogen-bond acceptors (Lipinski definition) is 4. The Kier molecular flexibility index (Phi) is 1.18. The highest BCUT2D eigenvalue weighted by atomic mass is 16.6. The van der Waals surface area contributed by atoms with Crippen LogP contribution in [0.2, 0.25) is 0 Å². The molecule has 56 valence electrons. The molecular weight excluding hydrogens is 134 g/mol. The molecular formula is C6H9NO3. The highest BCUT2D eigenvalue weighted by Crippen LogP contribution is 2.25. The molecule has 0 aromatic heterocycles. The van der Waals surface area contributed by atoms with E-state index in [-0.39, 0.29) is 18.2 Å². The van der Waals surface area contributed by atoms with Crippen LogP contribution < -0.4 is 5.73 Å². The predicted molar refractivity (Wildman–Crippen MR) is 32.2 cm³/mol. The summed E-state index contributed by atoms with van der Waals surface area (Å²) in [4.78, 5) is 10.8. The zero-order valence-corrected chi connectivity index (χ0v) is 5.45. The molecule has 2 rings (SSSR count). The van der Waals surface area contributed by atoms with Crippen molar-refractivity contribution in [3.63, 3.8) is 0 Å². The van der Waals surface area contributed by atoms with Crippen molar-refractivity contribution >= 4 is 5.97 Å². The lowest BCUT2D eigenvalue weighted by molar-refractivity contribution is -0.142. The number of carbonyl (C=O) groups is 1. The SMILES string of the molecule is N[C@@H]1C(=O)OC2CCO[C@@H]21. The Morgan fingerprint density at radius 1 is 1.60 bits per heavy atom. The van der Waals surface area contributed by atoms with E-state index >= 15 is 0 Å². The van der Waals surface area contributed by atoms with Gasteiger partial charge in [0.1, 0.15) is 18.2 Å². The summed E-state index contributed by atoms with van der Waals surface area (Å²) in [6, 6.07) is -0.549. The maximum Gasteiger partial charge on any atom is 0.326 e. The fourth-order valence-corrected chi connectivity index (χ4v) is 1.41. The number of esters is 1. The van der Waals surface area contributed by atoms with Crippen LogP contribution in [0.3, 0.4) is 0 Å². The Hall–Kier alpha value is -0.610. The summed E-state index contributed by atoms with van der Waals surface area (Å²) >= 11 is 0. The van der Waals surface area contributed by atoms with Gasteiger partial charge in [0.2, 0.25) is 0 Å². The van der Waals surface area contributed by atoms with Gasteiger partial charge < -0.3 is 15.2 Å². The van der Waals surface area contributed by atoms with Gasteiger partial charge in [0.25, 0.3) is 0 Å². The third kappa shape index (κ3) is 0.660. The van der Waals surface area contributed by atoms with Crippen molar-refractivity contribution in [2.45, 2.75) is 24.7 Å². The molecule has 0 bridgehead atoms. The lowest BCUT2D eigenvalue weighted by atomic mass is 10.1. The molecule has 0 saturated carbocycles. The van der Waals surface area contributed by atoms with Gasteiger partial charge in [0.05, 0.1) is 6.61 Å². The molecule has 2 aliphatic rings. The normalized spacial score (nSPS) is 45.3. The van der Waals surface area contributed by atoms with Gasteiger partial charge in [-0.15, -0.1) is 0 Å². The second kappa shape index (κ2) is 1.93. The molecule has 2 N–H and O–H groups in total. The third-order valence-electron chi connectivity index (χ3n) is 1.97. The fourth-order valence-electron chi connectivity index (χ4n) is 1.41. The minimum Gasteiger partial charge on any atom is -0.458 e. The molecule has 2 aliphatic heterocycles. The van der Waals surface area contributed by atoms with Crippen molar-refractivity contribution in [3.05, 3.63) is 0 Å². The number of nitrogens with two attached hydrogens (primary N) is 1. The van der Waals surface area contributed by atoms with E-state index in [4.69, 9.17) is 15.2 Å². The molecule has 0 aromatic rings. The van der Waals surface area contributed by atoms with Crippen molar-refractivity contribution in [1.29, 1.82) is 0 Å². The van der Waals surface area contributed by atoms with Crippen LogP contribution in [0.15, 0.2) is 0 Å². The summed E-state index contributed by atoms with van der Waals surface area (Å²) in [6.45, 7) is 0.663. The second-order valence-corrected chi connectivity index (χ2v) is 2.63. The van der Waals surface area contributed by atoms with Gasteiger partial charge in [-0.2, -0.15) is 0 Å². The van der Waals surface area contributed by atoms with E-state index in [1.807, 2.05) is 0 Å². The molecule has 2 fully saturated rings. The predicted octanol–water partition coefficient (Wildman–Crippen LogP) is -0.972. The monoisotopic (exact) mass is 143 g/mol. The van der Waals surface area contributed by atoms with Gasteiger partial charge in [-0.05, 0) is 0 Å². The van der Waals surface area contributed by atoms with Gasteiger partial charge >= 0.3 is 5.97 Å². The smallest absolute Gasteiger partial charge is 0.326 e. The van der Waals surface area contributed by atoms with Crippen molar-refractivity contribution < 1.29 is 14.3 Å². The number of fused-ring (bicyclic) bond motifs is 1. The molecule has 0 aromatic carbocycles. The van der Waals surface area contributed by atoms with Crippen molar-refractivity contribution in [1.82, 2.24) is 0 Å². The number of carbonyl (C=O) groups excluding carboxylic acids is 1. The lowest BCUT2D eigenvalue weighted by Gasteiger charge is -2.06. The fraction of sp³-hybridized carbons (Fsp3) is 0.833. The zero-order chi connectivity index (χ0) is 7.14. The summed E-state index contributed by atoms with van der Waals surface area (Å²) in [5.74, 6) is -0.324. The van der Waals surface area contributed by atoms with Crippen LogP contribution in [0.5, 0.6) is 0 Å². The molecule has 2 saturated heterocycles. The Labute approximate surface area is 58.3 Å². The van der Waals surface area contributed by atoms with Crippen LogP contribution in [0, 0.1) is 0 Å². The topological polar surface area (TPSA) is 61.6 Å². The number of rotatable bonds is 0. The standard InChI is InChI=1S/C6H9NO3/c7-4-5-3(1-2-9-5)10-6(4)8/h3-5H,1-2,7H2/t3?,4-,5-/m0/s1. The molecule has 1 unspecified atom stereocenters. The number of hydrogen-bond donors (Lipinski definition) is 1. The first-order valence-corrected chi connectivity index (χ1v) is 3.37.